The number of ether oxygens (including phenoxy) is 1. The van der Waals surface area contributed by atoms with E-state index in [-0.39, 0.29) is 44.0 Å². The fraction of sp³-hybridized carbons (Fsp3) is 0.837. The van der Waals surface area contributed by atoms with Gasteiger partial charge < -0.3 is 22.4 Å². The molecule has 0 spiro atoms. The minimum atomic E-state index is -2.34. The SMILES string of the molecule is C/C(=C\C[C@H](O[Si](C)(C)C(C)(C)C)/C(F)=C\c1csc(C)n1)CCO[C@H](C)[C@@H](O[Si](C)(C)C(C)(C)C)[C@@H](C)C(=O)C(C)(C)[C@H](CCO[Si](C)(C)C(C)(C)C)O[Si](C)(C)C(C)(C)C. The van der Waals surface area contributed by atoms with Crippen molar-refractivity contribution in [3.63, 3.8) is 0 Å². The molecule has 62 heavy (non-hydrogen) atoms. The monoisotopic (exact) mass is 958 g/mol. The fourth-order valence-corrected chi connectivity index (χ4v) is 11.9. The van der Waals surface area contributed by atoms with Crippen molar-refractivity contribution in [2.45, 2.75) is 241 Å². The predicted molar refractivity (Wildman–Crippen MR) is 276 cm³/mol. The average Bonchev–Trinajstić information content (AvgIpc) is 3.49. The first kappa shape index (κ1) is 59.4. The van der Waals surface area contributed by atoms with E-state index in [2.05, 4.69) is 167 Å². The second-order valence-electron chi connectivity index (χ2n) is 24.8. The van der Waals surface area contributed by atoms with Gasteiger partial charge >= 0.3 is 0 Å². The molecular formula is C49H96FNO6SSi4. The molecule has 0 amide bonds. The zero-order valence-corrected chi connectivity index (χ0v) is 49.7. The summed E-state index contributed by atoms with van der Waals surface area (Å²) in [7, 11) is -8.91. The zero-order chi connectivity index (χ0) is 48.9. The Bertz CT molecular complexity index is 1640. The lowest BCUT2D eigenvalue weighted by Gasteiger charge is -2.46. The molecule has 0 aromatic carbocycles. The van der Waals surface area contributed by atoms with E-state index in [1.165, 1.54) is 17.4 Å². The number of halogens is 1. The molecule has 0 bridgehead atoms. The Balaban J connectivity index is 3.47. The summed E-state index contributed by atoms with van der Waals surface area (Å²) in [5.74, 6) is -0.636. The molecule has 0 fully saturated rings. The average molecular weight is 959 g/mol. The number of Topliss-reactive ketones (excluding diaryl/α,β-unsaturated/α-hetero) is 1. The second-order valence-corrected chi connectivity index (χ2v) is 44.9. The first-order valence-electron chi connectivity index (χ1n) is 23.3. The Hall–Kier alpha value is -0.622. The number of hydrogen-bond acceptors (Lipinski definition) is 8. The third-order valence-electron chi connectivity index (χ3n) is 15.0. The van der Waals surface area contributed by atoms with Gasteiger partial charge in [0.15, 0.2) is 33.3 Å². The normalized spacial score (nSPS) is 17.5. The van der Waals surface area contributed by atoms with Gasteiger partial charge in [0.25, 0.3) is 0 Å². The van der Waals surface area contributed by atoms with Crippen molar-refractivity contribution in [3.8, 4) is 0 Å². The number of ketones is 1. The molecule has 362 valence electrons. The predicted octanol–water partition coefficient (Wildman–Crippen LogP) is 15.7. The molecule has 5 atom stereocenters. The van der Waals surface area contributed by atoms with Gasteiger partial charge in [-0.1, -0.05) is 116 Å². The van der Waals surface area contributed by atoms with Gasteiger partial charge in [0.05, 0.1) is 35.6 Å². The van der Waals surface area contributed by atoms with Crippen molar-refractivity contribution in [2.75, 3.05) is 13.2 Å². The van der Waals surface area contributed by atoms with Crippen LogP contribution in [0.3, 0.4) is 0 Å². The maximum atomic E-state index is 16.0. The highest BCUT2D eigenvalue weighted by Crippen LogP contribution is 2.45. The Morgan fingerprint density at radius 3 is 1.66 bits per heavy atom. The molecule has 7 nitrogen and oxygen atoms in total. The molecule has 0 aliphatic rings. The molecule has 0 aliphatic heterocycles. The number of rotatable bonds is 23. The standard InChI is InChI=1S/C49H96FNO6SSi4/c1-35(27-28-41(55-60(21,22)46(8,9)10)40(50)33-39-34-58-38(4)51-39)29-31-53-37(3)43(57-62(25,26)48(14,15)16)36(2)44(52)49(17,18)42(56-61(23,24)47(11,12)13)30-32-54-59(19,20)45(5,6)7/h27,33-34,36-37,41-43H,28-32H2,1-26H3/b35-27+,40-33+/t36-,37-,41+,42+,43+/m1/s1. The lowest BCUT2D eigenvalue weighted by Crippen LogP contribution is -2.55. The number of hydrogen-bond donors (Lipinski definition) is 0. The second kappa shape index (κ2) is 22.0. The maximum Gasteiger partial charge on any atom is 0.193 e. The highest BCUT2D eigenvalue weighted by molar-refractivity contribution is 7.09. The minimum absolute atomic E-state index is 0.0243. The van der Waals surface area contributed by atoms with E-state index in [0.717, 1.165) is 10.6 Å². The molecule has 0 aliphatic carbocycles. The summed E-state index contributed by atoms with van der Waals surface area (Å²) in [5.41, 5.74) is 0.901. The quantitative estimate of drug-likeness (QED) is 0.0799. The van der Waals surface area contributed by atoms with Gasteiger partial charge in [0, 0.05) is 23.3 Å². The van der Waals surface area contributed by atoms with Gasteiger partial charge in [-0.2, -0.15) is 0 Å². The van der Waals surface area contributed by atoms with Gasteiger partial charge in [-0.15, -0.1) is 11.3 Å². The summed E-state index contributed by atoms with van der Waals surface area (Å²) in [6.07, 6.45) is 3.48. The van der Waals surface area contributed by atoms with E-state index in [9.17, 15) is 0 Å². The van der Waals surface area contributed by atoms with Crippen molar-refractivity contribution in [1.29, 1.82) is 0 Å². The van der Waals surface area contributed by atoms with Crippen molar-refractivity contribution in [3.05, 3.63) is 33.6 Å². The summed E-state index contributed by atoms with van der Waals surface area (Å²) in [6.45, 7) is 57.8. The Labute approximate surface area is 390 Å². The molecule has 1 aromatic rings. The molecule has 0 unspecified atom stereocenters. The highest BCUT2D eigenvalue weighted by atomic mass is 32.1. The number of aryl methyl sites for hydroxylation is 1. The number of aromatic nitrogens is 1. The number of carbonyl (C=O) groups excluding carboxylic acids is 1. The number of thiazole rings is 1. The minimum Gasteiger partial charge on any atom is -0.417 e. The molecule has 0 saturated carbocycles. The Kier molecular flexibility index (Phi) is 21.1. The van der Waals surface area contributed by atoms with Crippen molar-refractivity contribution in [1.82, 2.24) is 4.98 Å². The maximum absolute atomic E-state index is 16.0. The van der Waals surface area contributed by atoms with E-state index in [1.807, 2.05) is 26.2 Å². The van der Waals surface area contributed by atoms with Gasteiger partial charge in [0.1, 0.15) is 17.7 Å². The van der Waals surface area contributed by atoms with Crippen LogP contribution in [-0.2, 0) is 27.2 Å². The van der Waals surface area contributed by atoms with Crippen LogP contribution in [0.1, 0.15) is 148 Å². The van der Waals surface area contributed by atoms with Gasteiger partial charge in [-0.3, -0.25) is 4.79 Å². The van der Waals surface area contributed by atoms with Crippen molar-refractivity contribution in [2.24, 2.45) is 11.3 Å². The van der Waals surface area contributed by atoms with Gasteiger partial charge in [-0.05, 0) is 119 Å². The van der Waals surface area contributed by atoms with Crippen LogP contribution in [0.15, 0.2) is 22.9 Å². The summed E-state index contributed by atoms with van der Waals surface area (Å²) < 4.78 is 50.4. The summed E-state index contributed by atoms with van der Waals surface area (Å²) >= 11 is 1.51. The van der Waals surface area contributed by atoms with Crippen LogP contribution in [0.25, 0.3) is 6.08 Å². The summed E-state index contributed by atoms with van der Waals surface area (Å²) in [5, 5.41) is 2.70. The molecule has 1 heterocycles. The summed E-state index contributed by atoms with van der Waals surface area (Å²) in [4.78, 5) is 19.6. The lowest BCUT2D eigenvalue weighted by atomic mass is 9.74. The van der Waals surface area contributed by atoms with E-state index in [0.29, 0.717) is 38.2 Å². The Morgan fingerprint density at radius 2 is 1.21 bits per heavy atom. The van der Waals surface area contributed by atoms with E-state index >= 15 is 9.18 Å². The van der Waals surface area contributed by atoms with Crippen molar-refractivity contribution < 1.29 is 31.6 Å². The zero-order valence-electron chi connectivity index (χ0n) is 44.8. The molecule has 1 aromatic heterocycles. The largest absolute Gasteiger partial charge is 0.417 e. The van der Waals surface area contributed by atoms with Crippen LogP contribution in [0.2, 0.25) is 72.5 Å². The van der Waals surface area contributed by atoms with Crippen LogP contribution < -0.4 is 0 Å². The first-order valence-corrected chi connectivity index (χ1v) is 35.8. The highest BCUT2D eigenvalue weighted by Gasteiger charge is 2.50. The van der Waals surface area contributed by atoms with E-state index in [4.69, 9.17) is 22.4 Å². The van der Waals surface area contributed by atoms with Crippen LogP contribution in [0.5, 0.6) is 0 Å². The lowest BCUT2D eigenvalue weighted by molar-refractivity contribution is -0.143. The number of nitrogens with zero attached hydrogens (tertiary/aromatic N) is 1. The van der Waals surface area contributed by atoms with E-state index < -0.39 is 56.8 Å². The molecule has 0 N–H and O–H groups in total. The molecular weight excluding hydrogens is 862 g/mol. The third kappa shape index (κ3) is 16.9. The topological polar surface area (TPSA) is 76.1 Å². The fourth-order valence-electron chi connectivity index (χ4n) is 6.09. The Morgan fingerprint density at radius 1 is 0.742 bits per heavy atom. The molecule has 0 saturated heterocycles. The summed E-state index contributed by atoms with van der Waals surface area (Å²) in [6, 6.07) is 0. The molecule has 13 heteroatoms. The van der Waals surface area contributed by atoms with Gasteiger partial charge in [-0.25, -0.2) is 9.37 Å². The van der Waals surface area contributed by atoms with E-state index in [1.54, 1.807) is 0 Å². The van der Waals surface area contributed by atoms with Crippen LogP contribution in [0, 0.1) is 18.3 Å². The molecule has 1 rings (SSSR count). The first-order chi connectivity index (χ1) is 27.5. The van der Waals surface area contributed by atoms with Crippen LogP contribution >= 0.6 is 11.3 Å². The van der Waals surface area contributed by atoms with Crippen LogP contribution in [-0.4, -0.2) is 81.7 Å². The van der Waals surface area contributed by atoms with Gasteiger partial charge in [0.2, 0.25) is 0 Å². The molecule has 0 radical (unpaired) electrons. The van der Waals surface area contributed by atoms with Crippen molar-refractivity contribution >= 4 is 56.5 Å². The smallest absolute Gasteiger partial charge is 0.193 e. The number of carbonyl (C=O) groups is 1. The third-order valence-corrected chi connectivity index (χ3v) is 33.7. The van der Waals surface area contributed by atoms with Crippen LogP contribution in [0.4, 0.5) is 4.39 Å².